The molecule has 0 amide bonds. The first-order valence-electron chi connectivity index (χ1n) is 4.35. The number of nitrogens with zero attached hydrogens (tertiary/aromatic N) is 1. The summed E-state index contributed by atoms with van der Waals surface area (Å²) in [5, 5.41) is 1.60. The third-order valence-corrected chi connectivity index (χ3v) is 3.21. The number of pyridine rings is 1. The molecule has 0 aliphatic heterocycles. The predicted molar refractivity (Wildman–Crippen MR) is 67.0 cm³/mol. The Kier molecular flexibility index (Phi) is 2.82. The van der Waals surface area contributed by atoms with Gasteiger partial charge in [0.1, 0.15) is 5.82 Å². The van der Waals surface area contributed by atoms with Crippen LogP contribution >= 0.6 is 27.5 Å². The Bertz CT molecular complexity index is 528. The Morgan fingerprint density at radius 1 is 1.47 bits per heavy atom. The molecule has 0 saturated carbocycles. The van der Waals surface area contributed by atoms with Gasteiger partial charge in [0, 0.05) is 9.86 Å². The number of nitrogens with two attached hydrogens (primary N) is 1. The number of fused-ring (bicyclic) bond motifs is 1. The van der Waals surface area contributed by atoms with Gasteiger partial charge in [-0.05, 0) is 30.7 Å². The Balaban J connectivity index is 2.86. The van der Waals surface area contributed by atoms with Crippen molar-refractivity contribution in [2.45, 2.75) is 6.92 Å². The van der Waals surface area contributed by atoms with Gasteiger partial charge in [-0.15, -0.1) is 0 Å². The number of benzene rings is 1. The first-order valence-corrected chi connectivity index (χ1v) is 5.52. The van der Waals surface area contributed by atoms with Crippen molar-refractivity contribution in [3.63, 3.8) is 0 Å². The average Bonchev–Trinajstić information content (AvgIpc) is 2.23. The number of halogens is 2. The predicted octanol–water partition coefficient (Wildman–Crippen LogP) is 3.24. The molecule has 2 rings (SSSR count). The summed E-state index contributed by atoms with van der Waals surface area (Å²) in [6.45, 7) is 1.94. The summed E-state index contributed by atoms with van der Waals surface area (Å²) >= 11 is 9.52. The van der Waals surface area contributed by atoms with Crippen LogP contribution in [-0.2, 0) is 0 Å². The lowest BCUT2D eigenvalue weighted by atomic mass is 10.1. The van der Waals surface area contributed by atoms with E-state index in [9.17, 15) is 0 Å². The van der Waals surface area contributed by atoms with E-state index in [0.717, 1.165) is 20.9 Å². The van der Waals surface area contributed by atoms with Gasteiger partial charge in [0.05, 0.1) is 10.5 Å². The molecule has 0 aliphatic rings. The zero-order valence-corrected chi connectivity index (χ0v) is 10.4. The monoisotopic (exact) mass is 285 g/mol. The zero-order chi connectivity index (χ0) is 11.0. The average molecular weight is 287 g/mol. The largest absolute Gasteiger partial charge is 0.308 e. The molecule has 1 aromatic carbocycles. The molecule has 0 saturated heterocycles. The van der Waals surface area contributed by atoms with Crippen LogP contribution in [0.15, 0.2) is 22.7 Å². The third-order valence-electron chi connectivity index (χ3n) is 2.21. The van der Waals surface area contributed by atoms with Gasteiger partial charge in [0.2, 0.25) is 0 Å². The third kappa shape index (κ3) is 1.80. The molecule has 15 heavy (non-hydrogen) atoms. The Labute approximate surface area is 101 Å². The molecule has 0 fully saturated rings. The Morgan fingerprint density at radius 3 is 2.87 bits per heavy atom. The van der Waals surface area contributed by atoms with Crippen LogP contribution in [0.1, 0.15) is 5.56 Å². The zero-order valence-electron chi connectivity index (χ0n) is 8.01. The summed E-state index contributed by atoms with van der Waals surface area (Å²) in [4.78, 5) is 4.36. The summed E-state index contributed by atoms with van der Waals surface area (Å²) < 4.78 is 0.973. The normalized spacial score (nSPS) is 10.7. The van der Waals surface area contributed by atoms with Gasteiger partial charge in [-0.1, -0.05) is 27.5 Å². The van der Waals surface area contributed by atoms with Gasteiger partial charge < -0.3 is 5.43 Å². The van der Waals surface area contributed by atoms with E-state index in [-0.39, 0.29) is 0 Å². The molecule has 0 aliphatic carbocycles. The Hall–Kier alpha value is -0.840. The topological polar surface area (TPSA) is 50.9 Å². The molecule has 3 nitrogen and oxygen atoms in total. The maximum absolute atomic E-state index is 6.06. The second-order valence-corrected chi connectivity index (χ2v) is 4.49. The summed E-state index contributed by atoms with van der Waals surface area (Å²) in [5.74, 6) is 6.00. The minimum absolute atomic E-state index is 0.615. The second-order valence-electron chi connectivity index (χ2n) is 3.22. The summed E-state index contributed by atoms with van der Waals surface area (Å²) in [7, 11) is 0. The van der Waals surface area contributed by atoms with E-state index >= 15 is 0 Å². The van der Waals surface area contributed by atoms with Crippen molar-refractivity contribution in [1.29, 1.82) is 0 Å². The van der Waals surface area contributed by atoms with Crippen molar-refractivity contribution in [1.82, 2.24) is 4.98 Å². The maximum Gasteiger partial charge on any atom is 0.143 e. The SMILES string of the molecule is Cc1cc2c(Br)ccc(Cl)c2nc1NN. The lowest BCUT2D eigenvalue weighted by Gasteiger charge is -2.08. The van der Waals surface area contributed by atoms with Crippen molar-refractivity contribution < 1.29 is 0 Å². The van der Waals surface area contributed by atoms with Gasteiger partial charge in [-0.3, -0.25) is 0 Å². The molecule has 0 unspecified atom stereocenters. The number of nitrogen functional groups attached to an aromatic ring is 1. The number of anilines is 1. The molecule has 3 N–H and O–H groups in total. The molecular formula is C10H9BrClN3. The molecule has 0 bridgehead atoms. The fraction of sp³-hybridized carbons (Fsp3) is 0.100. The highest BCUT2D eigenvalue weighted by atomic mass is 79.9. The molecule has 0 atom stereocenters. The molecule has 0 spiro atoms. The quantitative estimate of drug-likeness (QED) is 0.625. The number of hydrogen-bond donors (Lipinski definition) is 2. The standard InChI is InChI=1S/C10H9BrClN3/c1-5-4-6-7(11)2-3-8(12)9(6)14-10(5)15-13/h2-4H,13H2,1H3,(H,14,15). The minimum Gasteiger partial charge on any atom is -0.308 e. The van der Waals surface area contributed by atoms with E-state index in [1.807, 2.05) is 19.1 Å². The second kappa shape index (κ2) is 3.96. The highest BCUT2D eigenvalue weighted by molar-refractivity contribution is 9.10. The van der Waals surface area contributed by atoms with Crippen LogP contribution < -0.4 is 11.3 Å². The smallest absolute Gasteiger partial charge is 0.143 e. The molecule has 5 heteroatoms. The van der Waals surface area contributed by atoms with Crippen molar-refractivity contribution in [3.05, 3.63) is 33.3 Å². The maximum atomic E-state index is 6.06. The molecule has 0 radical (unpaired) electrons. The lowest BCUT2D eigenvalue weighted by Crippen LogP contribution is -2.10. The number of hydrazine groups is 1. The van der Waals surface area contributed by atoms with Gasteiger partial charge >= 0.3 is 0 Å². The van der Waals surface area contributed by atoms with Crippen LogP contribution in [-0.4, -0.2) is 4.98 Å². The van der Waals surface area contributed by atoms with E-state index in [0.29, 0.717) is 10.8 Å². The fourth-order valence-electron chi connectivity index (χ4n) is 1.44. The van der Waals surface area contributed by atoms with E-state index < -0.39 is 0 Å². The minimum atomic E-state index is 0.615. The van der Waals surface area contributed by atoms with Gasteiger partial charge in [0.25, 0.3) is 0 Å². The van der Waals surface area contributed by atoms with E-state index in [1.54, 1.807) is 6.07 Å². The summed E-state index contributed by atoms with van der Waals surface area (Å²) in [5.41, 5.74) is 4.27. The highest BCUT2D eigenvalue weighted by Crippen LogP contribution is 2.31. The molecular weight excluding hydrogens is 277 g/mol. The van der Waals surface area contributed by atoms with E-state index in [4.69, 9.17) is 17.4 Å². The number of aromatic nitrogens is 1. The molecule has 78 valence electrons. The summed E-state index contributed by atoms with van der Waals surface area (Å²) in [6.07, 6.45) is 0. The first-order chi connectivity index (χ1) is 7.13. The van der Waals surface area contributed by atoms with Crippen LogP contribution in [0.3, 0.4) is 0 Å². The number of hydrogen-bond acceptors (Lipinski definition) is 3. The van der Waals surface area contributed by atoms with Crippen molar-refractivity contribution in [3.8, 4) is 0 Å². The van der Waals surface area contributed by atoms with Crippen molar-refractivity contribution >= 4 is 44.3 Å². The van der Waals surface area contributed by atoms with Gasteiger partial charge in [0.15, 0.2) is 0 Å². The van der Waals surface area contributed by atoms with E-state index in [2.05, 4.69) is 26.3 Å². The number of aryl methyl sites for hydroxylation is 1. The van der Waals surface area contributed by atoms with E-state index in [1.165, 1.54) is 0 Å². The first kappa shape index (κ1) is 10.7. The number of rotatable bonds is 1. The van der Waals surface area contributed by atoms with Crippen molar-refractivity contribution in [2.75, 3.05) is 5.43 Å². The summed E-state index contributed by atoms with van der Waals surface area (Å²) in [6, 6.07) is 5.70. The Morgan fingerprint density at radius 2 is 2.20 bits per heavy atom. The van der Waals surface area contributed by atoms with Gasteiger partial charge in [-0.2, -0.15) is 0 Å². The highest BCUT2D eigenvalue weighted by Gasteiger charge is 2.07. The molecule has 2 aromatic rings. The molecule has 1 heterocycles. The number of nitrogens with one attached hydrogen (secondary N) is 1. The fourth-order valence-corrected chi connectivity index (χ4v) is 2.08. The lowest BCUT2D eigenvalue weighted by molar-refractivity contribution is 1.22. The van der Waals surface area contributed by atoms with Crippen LogP contribution in [0.25, 0.3) is 10.9 Å². The molecule has 1 aromatic heterocycles. The van der Waals surface area contributed by atoms with Gasteiger partial charge in [-0.25, -0.2) is 10.8 Å². The van der Waals surface area contributed by atoms with Crippen LogP contribution in [0.2, 0.25) is 5.02 Å². The van der Waals surface area contributed by atoms with Crippen LogP contribution in [0.5, 0.6) is 0 Å². The van der Waals surface area contributed by atoms with Crippen LogP contribution in [0, 0.1) is 6.92 Å². The van der Waals surface area contributed by atoms with Crippen LogP contribution in [0.4, 0.5) is 5.82 Å². The van der Waals surface area contributed by atoms with Crippen molar-refractivity contribution in [2.24, 2.45) is 5.84 Å².